The summed E-state index contributed by atoms with van der Waals surface area (Å²) in [5.74, 6) is -1.24. The maximum Gasteiger partial charge on any atom is 0.325 e. The minimum absolute atomic E-state index is 0. The molecular weight excluding hydrogens is 376 g/mol. The van der Waals surface area contributed by atoms with E-state index in [1.54, 1.807) is 13.8 Å². The number of hydrogen-bond donors (Lipinski definition) is 3. The molecule has 154 valence electrons. The first kappa shape index (κ1) is 24.8. The lowest BCUT2D eigenvalue weighted by atomic mass is 10.1. The molecule has 0 bridgehead atoms. The Kier molecular flexibility index (Phi) is 9.98. The lowest BCUT2D eigenvalue weighted by Gasteiger charge is -2.18. The van der Waals surface area contributed by atoms with Crippen LogP contribution < -0.4 is 15.2 Å². The van der Waals surface area contributed by atoms with Crippen LogP contribution >= 0.6 is 0 Å². The van der Waals surface area contributed by atoms with Gasteiger partial charge in [0.2, 0.25) is 10.0 Å². The van der Waals surface area contributed by atoms with Gasteiger partial charge < -0.3 is 20.3 Å². The third-order valence-corrected chi connectivity index (χ3v) is 5.30. The Labute approximate surface area is 159 Å². The van der Waals surface area contributed by atoms with Crippen molar-refractivity contribution in [3.8, 4) is 5.75 Å². The van der Waals surface area contributed by atoms with Gasteiger partial charge in [0.05, 0.1) is 18.6 Å². The van der Waals surface area contributed by atoms with E-state index in [-0.39, 0.29) is 31.9 Å². The smallest absolute Gasteiger partial charge is 0.325 e. The molecule has 10 heteroatoms. The molecule has 0 amide bonds. The Morgan fingerprint density at radius 1 is 1.26 bits per heavy atom. The van der Waals surface area contributed by atoms with Crippen LogP contribution in [-0.4, -0.2) is 51.8 Å². The molecule has 0 saturated carbocycles. The van der Waals surface area contributed by atoms with Gasteiger partial charge in [0, 0.05) is 13.0 Å². The van der Waals surface area contributed by atoms with Crippen molar-refractivity contribution in [2.75, 3.05) is 20.3 Å². The number of aliphatic carboxylic acids is 1. The molecule has 1 unspecified atom stereocenters. The molecule has 1 aromatic carbocycles. The number of benzene rings is 1. The van der Waals surface area contributed by atoms with Crippen LogP contribution in [0.1, 0.15) is 31.4 Å². The van der Waals surface area contributed by atoms with Crippen LogP contribution in [0.3, 0.4) is 0 Å². The Morgan fingerprint density at radius 3 is 2.26 bits per heavy atom. The number of carboxylic acids is 1. The zero-order valence-electron chi connectivity index (χ0n) is 14.9. The molecule has 1 atom stereocenters. The topological polar surface area (TPSA) is 145 Å². The van der Waals surface area contributed by atoms with E-state index in [9.17, 15) is 18.0 Å². The zero-order valence-corrected chi connectivity index (χ0v) is 15.8. The third-order valence-electron chi connectivity index (χ3n) is 3.53. The van der Waals surface area contributed by atoms with Crippen LogP contribution in [-0.2, 0) is 24.3 Å². The van der Waals surface area contributed by atoms with E-state index < -0.39 is 28.0 Å². The first-order chi connectivity index (χ1) is 12.1. The summed E-state index contributed by atoms with van der Waals surface area (Å²) in [4.78, 5) is 22.1. The maximum atomic E-state index is 12.6. The molecule has 0 aliphatic rings. The van der Waals surface area contributed by atoms with Crippen molar-refractivity contribution in [1.82, 2.24) is 4.72 Å². The number of rotatable bonds is 10. The average Bonchev–Trinajstić information content (AvgIpc) is 2.54. The van der Waals surface area contributed by atoms with E-state index in [0.29, 0.717) is 23.3 Å². The number of methoxy groups -OCH3 is 1. The van der Waals surface area contributed by atoms with Crippen molar-refractivity contribution in [1.29, 1.82) is 0 Å². The molecule has 0 saturated heterocycles. The lowest BCUT2D eigenvalue weighted by Crippen LogP contribution is -2.46. The molecule has 1 rings (SSSR count). The molecule has 1 aromatic rings. The average molecular weight is 404 g/mol. The number of carbonyl (C=O) groups is 2. The molecule has 0 fully saturated rings. The molecule has 0 heterocycles. The van der Waals surface area contributed by atoms with Crippen molar-refractivity contribution in [3.63, 3.8) is 0 Å². The maximum absolute atomic E-state index is 12.6. The summed E-state index contributed by atoms with van der Waals surface area (Å²) in [6.07, 6.45) is 0.328. The zero-order chi connectivity index (χ0) is 19.9. The van der Waals surface area contributed by atoms with Crippen molar-refractivity contribution in [3.05, 3.63) is 23.3 Å². The normalized spacial score (nSPS) is 12.0. The van der Waals surface area contributed by atoms with Crippen LogP contribution in [0.5, 0.6) is 5.75 Å². The molecule has 27 heavy (non-hydrogen) atoms. The number of carboxylic acid groups (broad SMARTS) is 1. The summed E-state index contributed by atoms with van der Waals surface area (Å²) >= 11 is 0. The summed E-state index contributed by atoms with van der Waals surface area (Å²) in [5, 5.41) is 8.60. The molecular formula is C17H28N2O7S. The number of aryl methyl sites for hydroxylation is 2. The molecule has 0 aliphatic heterocycles. The molecule has 0 aliphatic carbocycles. The van der Waals surface area contributed by atoms with Gasteiger partial charge in [-0.2, -0.15) is 4.72 Å². The molecule has 0 aromatic heterocycles. The van der Waals surface area contributed by atoms with Crippen LogP contribution in [0.2, 0.25) is 0 Å². The summed E-state index contributed by atoms with van der Waals surface area (Å²) in [7, 11) is -2.86. The number of nitrogens with two attached hydrogens (primary N) is 1. The second-order valence-electron chi connectivity index (χ2n) is 5.66. The van der Waals surface area contributed by atoms with E-state index in [0.717, 1.165) is 7.11 Å². The van der Waals surface area contributed by atoms with Gasteiger partial charge in [-0.05, 0) is 43.5 Å². The van der Waals surface area contributed by atoms with Crippen LogP contribution in [0.4, 0.5) is 0 Å². The quantitative estimate of drug-likeness (QED) is 0.386. The van der Waals surface area contributed by atoms with E-state index in [1.807, 2.05) is 0 Å². The fraction of sp³-hybridized carbons (Fsp3) is 0.529. The Hall–Kier alpha value is -2.17. The predicted octanol–water partition coefficient (Wildman–Crippen LogP) is 0.962. The van der Waals surface area contributed by atoms with Gasteiger partial charge in [0.25, 0.3) is 0 Å². The number of sulfonamides is 1. The van der Waals surface area contributed by atoms with E-state index in [2.05, 4.69) is 9.46 Å². The number of ether oxygens (including phenoxy) is 2. The lowest BCUT2D eigenvalue weighted by molar-refractivity contribution is -0.142. The van der Waals surface area contributed by atoms with E-state index >= 15 is 0 Å². The minimum atomic E-state index is -4.01. The molecule has 0 radical (unpaired) electrons. The first-order valence-corrected chi connectivity index (χ1v) is 9.36. The van der Waals surface area contributed by atoms with Crippen molar-refractivity contribution in [2.45, 2.75) is 45.1 Å². The number of hydrogen-bond acceptors (Lipinski definition) is 7. The molecule has 0 spiro atoms. The number of carbonyl (C=O) groups excluding carboxylic acids is 1. The highest BCUT2D eigenvalue weighted by Crippen LogP contribution is 2.26. The minimum Gasteiger partial charge on any atom is -0.494 e. The summed E-state index contributed by atoms with van der Waals surface area (Å²) in [6.45, 7) is 3.16. The van der Waals surface area contributed by atoms with Gasteiger partial charge >= 0.3 is 11.9 Å². The first-order valence-electron chi connectivity index (χ1n) is 7.88. The second-order valence-corrected chi connectivity index (χ2v) is 7.32. The van der Waals surface area contributed by atoms with E-state index in [1.165, 1.54) is 12.1 Å². The Balaban J connectivity index is 0.00000676. The van der Waals surface area contributed by atoms with E-state index in [4.69, 9.17) is 15.6 Å². The predicted molar refractivity (Wildman–Crippen MR) is 100 cm³/mol. The monoisotopic (exact) mass is 404 g/mol. The highest BCUT2D eigenvalue weighted by atomic mass is 32.2. The van der Waals surface area contributed by atoms with Crippen molar-refractivity contribution in [2.24, 2.45) is 5.73 Å². The Morgan fingerprint density at radius 2 is 1.81 bits per heavy atom. The fourth-order valence-corrected chi connectivity index (χ4v) is 4.06. The van der Waals surface area contributed by atoms with Crippen molar-refractivity contribution < 1.29 is 32.6 Å². The number of nitrogens with one attached hydrogen (secondary N) is 1. The van der Waals surface area contributed by atoms with Gasteiger partial charge in [-0.3, -0.25) is 9.59 Å². The largest absolute Gasteiger partial charge is 0.494 e. The SMILES string of the molecule is C.COC(=O)C(CN)NS(=O)(=O)c1c(C)cc(OCCCC(=O)O)cc1C. The number of esters is 1. The molecule has 9 nitrogen and oxygen atoms in total. The van der Waals surface area contributed by atoms with Crippen molar-refractivity contribution >= 4 is 22.0 Å². The summed E-state index contributed by atoms with van der Waals surface area (Å²) in [5.41, 5.74) is 6.28. The van der Waals surface area contributed by atoms with Crippen LogP contribution in [0, 0.1) is 13.8 Å². The van der Waals surface area contributed by atoms with Gasteiger partial charge in [-0.1, -0.05) is 7.43 Å². The summed E-state index contributed by atoms with van der Waals surface area (Å²) in [6, 6.07) is 1.89. The standard InChI is InChI=1S/C16H24N2O7S.CH4/c1-10-7-12(25-6-4-5-14(19)20)8-11(2)15(10)26(22,23)18-13(9-17)16(21)24-3;/h7-8,13,18H,4-6,9,17H2,1-3H3,(H,19,20);1H4. The highest BCUT2D eigenvalue weighted by molar-refractivity contribution is 7.89. The fourth-order valence-electron chi connectivity index (χ4n) is 2.41. The van der Waals surface area contributed by atoms with Gasteiger partial charge in [0.1, 0.15) is 11.8 Å². The van der Waals surface area contributed by atoms with Crippen LogP contribution in [0.25, 0.3) is 0 Å². The summed E-state index contributed by atoms with van der Waals surface area (Å²) < 4.78 is 37.5. The highest BCUT2D eigenvalue weighted by Gasteiger charge is 2.28. The second kappa shape index (κ2) is 10.9. The van der Waals surface area contributed by atoms with Gasteiger partial charge in [0.15, 0.2) is 0 Å². The van der Waals surface area contributed by atoms with Crippen LogP contribution in [0.15, 0.2) is 17.0 Å². The molecule has 4 N–H and O–H groups in total. The third kappa shape index (κ3) is 7.16. The Bertz CT molecular complexity index is 740. The van der Waals surface area contributed by atoms with Gasteiger partial charge in [-0.25, -0.2) is 8.42 Å². The van der Waals surface area contributed by atoms with Gasteiger partial charge in [-0.15, -0.1) is 0 Å².